The number of pyridine rings is 1. The van der Waals surface area contributed by atoms with E-state index in [2.05, 4.69) is 34.8 Å². The molecule has 0 aliphatic heterocycles. The number of rotatable bonds is 15. The Morgan fingerprint density at radius 2 is 1.67 bits per heavy atom. The molecule has 0 aliphatic carbocycles. The van der Waals surface area contributed by atoms with Crippen molar-refractivity contribution in [1.82, 2.24) is 15.6 Å². The maximum Gasteiger partial charge on any atom is 0.407 e. The number of amides is 3. The van der Waals surface area contributed by atoms with E-state index in [0.717, 1.165) is 54.5 Å². The van der Waals surface area contributed by atoms with Gasteiger partial charge in [-0.3, -0.25) is 14.4 Å². The minimum atomic E-state index is -0.613. The summed E-state index contributed by atoms with van der Waals surface area (Å²) in [6, 6.07) is 15.1. The summed E-state index contributed by atoms with van der Waals surface area (Å²) in [6.07, 6.45) is 5.84. The highest BCUT2D eigenvalue weighted by Gasteiger charge is 2.23. The number of hydrogen-bond donors (Lipinski definition) is 4. The van der Waals surface area contributed by atoms with Crippen LogP contribution in [0.25, 0.3) is 21.6 Å². The van der Waals surface area contributed by atoms with Crippen molar-refractivity contribution in [3.05, 3.63) is 88.1 Å². The molecule has 2 aromatic carbocycles. The Bertz CT molecular complexity index is 1840. The van der Waals surface area contributed by atoms with E-state index in [1.165, 1.54) is 23.5 Å². The van der Waals surface area contributed by atoms with Gasteiger partial charge in [-0.25, -0.2) is 9.78 Å². The number of unbranched alkanes of at least 4 members (excludes halogenated alkanes) is 2. The van der Waals surface area contributed by atoms with Gasteiger partial charge in [-0.1, -0.05) is 51.7 Å². The van der Waals surface area contributed by atoms with Crippen LogP contribution in [0.2, 0.25) is 0 Å². The summed E-state index contributed by atoms with van der Waals surface area (Å²) >= 11 is 1.44. The highest BCUT2D eigenvalue weighted by molar-refractivity contribution is 7.13. The van der Waals surface area contributed by atoms with Crippen LogP contribution >= 0.6 is 11.3 Å². The van der Waals surface area contributed by atoms with Gasteiger partial charge < -0.3 is 25.8 Å². The fourth-order valence-corrected chi connectivity index (χ4v) is 6.63. The SMILES string of the molecule is CCCCCC(CCC)NC(=O)c1ccc(-c2cc(O)c(-c3sccc3C)cc2C(=O)Nc2ccc(CNC(=O)OC(C)(C)C)cc2)c(C=O)n1. The maximum atomic E-state index is 14.0. The molecule has 10 nitrogen and oxygen atoms in total. The number of nitrogens with one attached hydrogen (secondary N) is 3. The Kier molecular flexibility index (Phi) is 13.5. The summed E-state index contributed by atoms with van der Waals surface area (Å²) in [6.45, 7) is 11.7. The zero-order chi connectivity index (χ0) is 37.1. The van der Waals surface area contributed by atoms with Crippen molar-refractivity contribution in [2.45, 2.75) is 98.3 Å². The van der Waals surface area contributed by atoms with Crippen LogP contribution in [0, 0.1) is 6.92 Å². The molecule has 4 aromatic rings. The lowest BCUT2D eigenvalue weighted by Crippen LogP contribution is -2.35. The fourth-order valence-electron chi connectivity index (χ4n) is 5.68. The number of phenolic OH excluding ortho intramolecular Hbond substituents is 1. The topological polar surface area (TPSA) is 147 Å². The number of carbonyl (C=O) groups excluding carboxylic acids is 4. The first-order chi connectivity index (χ1) is 24.3. The zero-order valence-electron chi connectivity index (χ0n) is 30.2. The summed E-state index contributed by atoms with van der Waals surface area (Å²) in [5, 5.41) is 21.8. The predicted octanol–water partition coefficient (Wildman–Crippen LogP) is 9.06. The standard InChI is InChI=1S/C40H48N4O6S/c1-7-9-10-12-27(11-8-2)43-38(48)33-18-17-29(34(24-45)44-33)30-22-35(46)32(36-25(3)19-20-51-36)21-31(30)37(47)42-28-15-13-26(14-16-28)23-41-39(49)50-40(4,5)6/h13-22,24,27,46H,7-12,23H2,1-6H3,(H,41,49)(H,42,47)(H,43,48). The van der Waals surface area contributed by atoms with Crippen molar-refractivity contribution in [2.24, 2.45) is 0 Å². The molecule has 0 radical (unpaired) electrons. The number of aromatic hydroxyl groups is 1. The molecule has 4 N–H and O–H groups in total. The first kappa shape index (κ1) is 38.8. The number of benzene rings is 2. The summed E-state index contributed by atoms with van der Waals surface area (Å²) in [7, 11) is 0. The third kappa shape index (κ3) is 10.7. The maximum absolute atomic E-state index is 14.0. The van der Waals surface area contributed by atoms with Gasteiger partial charge in [-0.2, -0.15) is 0 Å². The highest BCUT2D eigenvalue weighted by Crippen LogP contribution is 2.40. The number of carbonyl (C=O) groups is 4. The van der Waals surface area contributed by atoms with Crippen molar-refractivity contribution in [3.8, 4) is 27.3 Å². The highest BCUT2D eigenvalue weighted by atomic mass is 32.1. The van der Waals surface area contributed by atoms with E-state index in [-0.39, 0.29) is 46.8 Å². The van der Waals surface area contributed by atoms with Crippen molar-refractivity contribution < 1.29 is 29.0 Å². The molecule has 0 saturated carbocycles. The molecule has 1 atom stereocenters. The minimum Gasteiger partial charge on any atom is -0.507 e. The Labute approximate surface area is 304 Å². The van der Waals surface area contributed by atoms with Crippen LogP contribution in [0.4, 0.5) is 10.5 Å². The van der Waals surface area contributed by atoms with Crippen LogP contribution in [0.3, 0.4) is 0 Å². The van der Waals surface area contributed by atoms with Crippen LogP contribution in [-0.2, 0) is 11.3 Å². The molecule has 0 aliphatic rings. The van der Waals surface area contributed by atoms with Gasteiger partial charge in [0.15, 0.2) is 6.29 Å². The molecule has 0 fully saturated rings. The van der Waals surface area contributed by atoms with Gasteiger partial charge in [-0.15, -0.1) is 11.3 Å². The molecule has 4 rings (SSSR count). The number of aldehydes is 1. The smallest absolute Gasteiger partial charge is 0.407 e. The van der Waals surface area contributed by atoms with Crippen molar-refractivity contribution in [3.63, 3.8) is 0 Å². The normalized spacial score (nSPS) is 11.8. The predicted molar refractivity (Wildman–Crippen MR) is 203 cm³/mol. The first-order valence-electron chi connectivity index (χ1n) is 17.4. The Morgan fingerprint density at radius 1 is 0.922 bits per heavy atom. The van der Waals surface area contributed by atoms with Gasteiger partial charge in [0.1, 0.15) is 22.7 Å². The summed E-state index contributed by atoms with van der Waals surface area (Å²) in [5.41, 5.74) is 2.94. The number of nitrogens with zero attached hydrogens (tertiary/aromatic N) is 1. The van der Waals surface area contributed by atoms with Crippen LogP contribution in [-0.4, -0.2) is 45.9 Å². The van der Waals surface area contributed by atoms with E-state index in [1.807, 2.05) is 18.4 Å². The number of thiophene rings is 1. The average molecular weight is 713 g/mol. The summed E-state index contributed by atoms with van der Waals surface area (Å²) in [5.74, 6) is -0.913. The lowest BCUT2D eigenvalue weighted by Gasteiger charge is -2.19. The quantitative estimate of drug-likeness (QED) is 0.0710. The van der Waals surface area contributed by atoms with E-state index >= 15 is 0 Å². The second-order valence-corrected chi connectivity index (χ2v) is 14.5. The molecular formula is C40H48N4O6S. The largest absolute Gasteiger partial charge is 0.507 e. The van der Waals surface area contributed by atoms with Gasteiger partial charge in [0.05, 0.1) is 0 Å². The third-order valence-corrected chi connectivity index (χ3v) is 9.27. The molecule has 0 spiro atoms. The van der Waals surface area contributed by atoms with Crippen molar-refractivity contribution >= 4 is 41.2 Å². The lowest BCUT2D eigenvalue weighted by molar-refractivity contribution is 0.0523. The molecule has 0 bridgehead atoms. The second-order valence-electron chi connectivity index (χ2n) is 13.6. The molecule has 270 valence electrons. The van der Waals surface area contributed by atoms with Crippen molar-refractivity contribution in [1.29, 1.82) is 0 Å². The lowest BCUT2D eigenvalue weighted by atomic mass is 9.93. The van der Waals surface area contributed by atoms with Gasteiger partial charge in [0, 0.05) is 45.4 Å². The van der Waals surface area contributed by atoms with E-state index in [4.69, 9.17) is 4.74 Å². The van der Waals surface area contributed by atoms with Crippen LogP contribution in [0.15, 0.2) is 60.0 Å². The van der Waals surface area contributed by atoms with E-state index in [1.54, 1.807) is 57.2 Å². The van der Waals surface area contributed by atoms with Gasteiger partial charge in [0.25, 0.3) is 11.8 Å². The van der Waals surface area contributed by atoms with E-state index in [0.29, 0.717) is 23.1 Å². The summed E-state index contributed by atoms with van der Waals surface area (Å²) < 4.78 is 5.29. The first-order valence-corrected chi connectivity index (χ1v) is 18.3. The van der Waals surface area contributed by atoms with Gasteiger partial charge in [0.2, 0.25) is 0 Å². The molecule has 0 saturated heterocycles. The molecule has 3 amide bonds. The van der Waals surface area contributed by atoms with E-state index in [9.17, 15) is 24.3 Å². The second kappa shape index (κ2) is 17.8. The number of aromatic nitrogens is 1. The minimum absolute atomic E-state index is 0.00557. The molecular weight excluding hydrogens is 665 g/mol. The molecule has 2 heterocycles. The number of aryl methyl sites for hydroxylation is 1. The zero-order valence-corrected chi connectivity index (χ0v) is 31.0. The van der Waals surface area contributed by atoms with Gasteiger partial charge in [-0.05, 0) is 99.5 Å². The Morgan fingerprint density at radius 3 is 2.29 bits per heavy atom. The number of anilines is 1. The molecule has 1 unspecified atom stereocenters. The van der Waals surface area contributed by atoms with E-state index < -0.39 is 17.6 Å². The molecule has 51 heavy (non-hydrogen) atoms. The number of ether oxygens (including phenoxy) is 1. The number of alkyl carbamates (subject to hydrolysis) is 1. The Balaban J connectivity index is 1.64. The van der Waals surface area contributed by atoms with Gasteiger partial charge >= 0.3 is 6.09 Å². The monoisotopic (exact) mass is 712 g/mol. The van der Waals surface area contributed by atoms with Crippen LogP contribution in [0.1, 0.15) is 116 Å². The average Bonchev–Trinajstić information content (AvgIpc) is 3.52. The fraction of sp³-hybridized carbons (Fsp3) is 0.375. The number of phenols is 1. The molecule has 2 aromatic heterocycles. The van der Waals surface area contributed by atoms with Crippen molar-refractivity contribution in [2.75, 3.05) is 5.32 Å². The Hall–Kier alpha value is -5.03. The third-order valence-electron chi connectivity index (χ3n) is 8.22. The summed E-state index contributed by atoms with van der Waals surface area (Å²) in [4.78, 5) is 56.9. The molecule has 11 heteroatoms. The van der Waals surface area contributed by atoms with Crippen LogP contribution in [0.5, 0.6) is 5.75 Å². The number of hydrogen-bond acceptors (Lipinski definition) is 8. The van der Waals surface area contributed by atoms with Crippen LogP contribution < -0.4 is 16.0 Å².